The van der Waals surface area contributed by atoms with Crippen molar-refractivity contribution in [3.05, 3.63) is 22.4 Å². The lowest BCUT2D eigenvalue weighted by atomic mass is 9.89. The summed E-state index contributed by atoms with van der Waals surface area (Å²) in [6, 6.07) is 4.02. The van der Waals surface area contributed by atoms with Crippen molar-refractivity contribution in [2.75, 3.05) is 0 Å². The first-order chi connectivity index (χ1) is 8.14. The second-order valence-electron chi connectivity index (χ2n) is 4.28. The molecule has 0 aliphatic heterocycles. The smallest absolute Gasteiger partial charge is 0.323 e. The van der Waals surface area contributed by atoms with Gasteiger partial charge in [-0.2, -0.15) is 0 Å². The van der Waals surface area contributed by atoms with E-state index in [2.05, 4.69) is 12.2 Å². The SMILES string of the molecule is CCCCC(CC)(NCc1cccs1)C(=O)O. The summed E-state index contributed by atoms with van der Waals surface area (Å²) in [7, 11) is 0. The molecule has 2 N–H and O–H groups in total. The molecule has 1 atom stereocenters. The number of nitrogens with one attached hydrogen (secondary N) is 1. The molecule has 0 fully saturated rings. The zero-order valence-electron chi connectivity index (χ0n) is 10.5. The summed E-state index contributed by atoms with van der Waals surface area (Å²) in [5, 5.41) is 14.7. The largest absolute Gasteiger partial charge is 0.480 e. The van der Waals surface area contributed by atoms with Gasteiger partial charge in [0.05, 0.1) is 0 Å². The van der Waals surface area contributed by atoms with Crippen molar-refractivity contribution in [1.82, 2.24) is 5.32 Å². The summed E-state index contributed by atoms with van der Waals surface area (Å²) < 4.78 is 0. The lowest BCUT2D eigenvalue weighted by Gasteiger charge is -2.29. The van der Waals surface area contributed by atoms with Crippen molar-refractivity contribution in [1.29, 1.82) is 0 Å². The Labute approximate surface area is 107 Å². The third kappa shape index (κ3) is 3.82. The average Bonchev–Trinajstić information content (AvgIpc) is 2.82. The van der Waals surface area contributed by atoms with Crippen LogP contribution in [-0.2, 0) is 11.3 Å². The third-order valence-corrected chi connectivity index (χ3v) is 4.03. The predicted octanol–water partition coefficient (Wildman–Crippen LogP) is 3.26. The molecule has 0 aliphatic carbocycles. The number of carboxylic acid groups (broad SMARTS) is 1. The maximum Gasteiger partial charge on any atom is 0.323 e. The third-order valence-electron chi connectivity index (χ3n) is 3.15. The number of hydrogen-bond acceptors (Lipinski definition) is 3. The van der Waals surface area contributed by atoms with Gasteiger partial charge in [0.15, 0.2) is 0 Å². The molecule has 0 bridgehead atoms. The highest BCUT2D eigenvalue weighted by atomic mass is 32.1. The molecule has 1 heterocycles. The van der Waals surface area contributed by atoms with Gasteiger partial charge in [-0.15, -0.1) is 11.3 Å². The van der Waals surface area contributed by atoms with E-state index in [1.807, 2.05) is 24.4 Å². The van der Waals surface area contributed by atoms with Crippen LogP contribution in [-0.4, -0.2) is 16.6 Å². The first kappa shape index (κ1) is 14.2. The van der Waals surface area contributed by atoms with E-state index in [1.165, 1.54) is 4.88 Å². The van der Waals surface area contributed by atoms with Gasteiger partial charge in [-0.3, -0.25) is 10.1 Å². The number of unbranched alkanes of at least 4 members (excludes halogenated alkanes) is 1. The highest BCUT2D eigenvalue weighted by Crippen LogP contribution is 2.21. The van der Waals surface area contributed by atoms with E-state index in [4.69, 9.17) is 0 Å². The molecule has 1 unspecified atom stereocenters. The highest BCUT2D eigenvalue weighted by molar-refractivity contribution is 7.09. The van der Waals surface area contributed by atoms with Crippen LogP contribution in [0.15, 0.2) is 17.5 Å². The van der Waals surface area contributed by atoms with Crippen LogP contribution in [0, 0.1) is 0 Å². The molecule has 0 aliphatic rings. The maximum atomic E-state index is 11.5. The van der Waals surface area contributed by atoms with Gasteiger partial charge >= 0.3 is 5.97 Å². The van der Waals surface area contributed by atoms with Gasteiger partial charge in [-0.05, 0) is 24.3 Å². The van der Waals surface area contributed by atoms with Crippen molar-refractivity contribution < 1.29 is 9.90 Å². The van der Waals surface area contributed by atoms with Crippen LogP contribution in [0.25, 0.3) is 0 Å². The van der Waals surface area contributed by atoms with E-state index in [0.717, 1.165) is 12.8 Å². The Bertz CT molecular complexity index is 337. The Morgan fingerprint density at radius 3 is 2.76 bits per heavy atom. The minimum atomic E-state index is -0.764. The fourth-order valence-corrected chi connectivity index (χ4v) is 2.52. The molecule has 1 aromatic heterocycles. The summed E-state index contributed by atoms with van der Waals surface area (Å²) >= 11 is 1.65. The van der Waals surface area contributed by atoms with Crippen molar-refractivity contribution >= 4 is 17.3 Å². The Hall–Kier alpha value is -0.870. The van der Waals surface area contributed by atoms with E-state index < -0.39 is 11.5 Å². The minimum Gasteiger partial charge on any atom is -0.480 e. The number of carbonyl (C=O) groups is 1. The normalized spacial score (nSPS) is 14.5. The predicted molar refractivity (Wildman–Crippen MR) is 71.3 cm³/mol. The van der Waals surface area contributed by atoms with Crippen LogP contribution in [0.3, 0.4) is 0 Å². The fraction of sp³-hybridized carbons (Fsp3) is 0.615. The monoisotopic (exact) mass is 255 g/mol. The number of aliphatic carboxylic acids is 1. The van der Waals surface area contributed by atoms with Crippen LogP contribution in [0.4, 0.5) is 0 Å². The average molecular weight is 255 g/mol. The molecule has 1 rings (SSSR count). The number of hydrogen-bond donors (Lipinski definition) is 2. The maximum absolute atomic E-state index is 11.5. The van der Waals surface area contributed by atoms with Gasteiger partial charge in [-0.1, -0.05) is 32.8 Å². The molecule has 4 heteroatoms. The van der Waals surface area contributed by atoms with E-state index in [-0.39, 0.29) is 0 Å². The van der Waals surface area contributed by atoms with E-state index in [1.54, 1.807) is 11.3 Å². The highest BCUT2D eigenvalue weighted by Gasteiger charge is 2.35. The Morgan fingerprint density at radius 1 is 1.53 bits per heavy atom. The molecule has 0 aromatic carbocycles. The molecule has 0 spiro atoms. The molecular formula is C13H21NO2S. The van der Waals surface area contributed by atoms with Gasteiger partial charge < -0.3 is 5.11 Å². The topological polar surface area (TPSA) is 49.3 Å². The molecule has 0 saturated heterocycles. The Kier molecular flexibility index (Phi) is 5.65. The zero-order valence-corrected chi connectivity index (χ0v) is 11.3. The molecule has 3 nitrogen and oxygen atoms in total. The fourth-order valence-electron chi connectivity index (χ4n) is 1.87. The molecule has 0 amide bonds. The molecule has 17 heavy (non-hydrogen) atoms. The van der Waals surface area contributed by atoms with Crippen LogP contribution >= 0.6 is 11.3 Å². The number of rotatable bonds is 8. The quantitative estimate of drug-likeness (QED) is 0.749. The van der Waals surface area contributed by atoms with Crippen LogP contribution in [0.1, 0.15) is 44.4 Å². The molecule has 96 valence electrons. The standard InChI is InChI=1S/C13H21NO2S/c1-3-5-8-13(4-2,12(15)16)14-10-11-7-6-9-17-11/h6-7,9,14H,3-5,8,10H2,1-2H3,(H,15,16). The zero-order chi connectivity index (χ0) is 12.7. The summed E-state index contributed by atoms with van der Waals surface area (Å²) in [6.45, 7) is 4.66. The first-order valence-electron chi connectivity index (χ1n) is 6.15. The van der Waals surface area contributed by atoms with Crippen LogP contribution < -0.4 is 5.32 Å². The summed E-state index contributed by atoms with van der Waals surface area (Å²) in [4.78, 5) is 12.6. The minimum absolute atomic E-state index is 0.619. The van der Waals surface area contributed by atoms with Gasteiger partial charge in [0, 0.05) is 11.4 Å². The summed E-state index contributed by atoms with van der Waals surface area (Å²) in [5.74, 6) is -0.731. The lowest BCUT2D eigenvalue weighted by molar-refractivity contribution is -0.145. The summed E-state index contributed by atoms with van der Waals surface area (Å²) in [6.07, 6.45) is 3.28. The number of thiophene rings is 1. The van der Waals surface area contributed by atoms with Crippen LogP contribution in [0.2, 0.25) is 0 Å². The first-order valence-corrected chi connectivity index (χ1v) is 7.03. The van der Waals surface area contributed by atoms with E-state index in [9.17, 15) is 9.90 Å². The van der Waals surface area contributed by atoms with Crippen molar-refractivity contribution in [3.8, 4) is 0 Å². The summed E-state index contributed by atoms with van der Waals surface area (Å²) in [5.41, 5.74) is -0.764. The van der Waals surface area contributed by atoms with Crippen LogP contribution in [0.5, 0.6) is 0 Å². The van der Waals surface area contributed by atoms with Crippen molar-refractivity contribution in [3.63, 3.8) is 0 Å². The molecule has 0 saturated carbocycles. The van der Waals surface area contributed by atoms with Gasteiger partial charge in [0.1, 0.15) is 5.54 Å². The van der Waals surface area contributed by atoms with Crippen molar-refractivity contribution in [2.24, 2.45) is 0 Å². The molecule has 0 radical (unpaired) electrons. The molecule has 1 aromatic rings. The lowest BCUT2D eigenvalue weighted by Crippen LogP contribution is -2.51. The van der Waals surface area contributed by atoms with E-state index >= 15 is 0 Å². The molecular weight excluding hydrogens is 234 g/mol. The second-order valence-corrected chi connectivity index (χ2v) is 5.31. The Balaban J connectivity index is 2.64. The van der Waals surface area contributed by atoms with Gasteiger partial charge in [0.25, 0.3) is 0 Å². The van der Waals surface area contributed by atoms with E-state index in [0.29, 0.717) is 19.4 Å². The van der Waals surface area contributed by atoms with Crippen molar-refractivity contribution in [2.45, 2.75) is 51.6 Å². The second kappa shape index (κ2) is 6.77. The van der Waals surface area contributed by atoms with Gasteiger partial charge in [0.2, 0.25) is 0 Å². The number of carboxylic acids is 1. The Morgan fingerprint density at radius 2 is 2.29 bits per heavy atom. The van der Waals surface area contributed by atoms with Gasteiger partial charge in [-0.25, -0.2) is 0 Å².